The molecule has 2 aromatic rings. The van der Waals surface area contributed by atoms with Crippen molar-refractivity contribution in [2.45, 2.75) is 6.36 Å². The highest BCUT2D eigenvalue weighted by atomic mass is 19.4. The lowest BCUT2D eigenvalue weighted by molar-refractivity contribution is -0.274. The molecule has 11 heteroatoms. The van der Waals surface area contributed by atoms with Crippen molar-refractivity contribution in [2.75, 3.05) is 12.0 Å². The van der Waals surface area contributed by atoms with E-state index in [1.807, 2.05) is 0 Å². The van der Waals surface area contributed by atoms with Crippen molar-refractivity contribution in [2.24, 2.45) is 10.7 Å². The number of amidine groups is 1. The van der Waals surface area contributed by atoms with Gasteiger partial charge in [-0.3, -0.25) is 4.98 Å². The maximum atomic E-state index is 13.8. The quantitative estimate of drug-likeness (QED) is 0.402. The van der Waals surface area contributed by atoms with E-state index in [0.717, 1.165) is 30.5 Å². The number of anilines is 1. The van der Waals surface area contributed by atoms with Crippen LogP contribution in [0.2, 0.25) is 0 Å². The molecule has 0 amide bonds. The third-order valence-electron chi connectivity index (χ3n) is 2.95. The van der Waals surface area contributed by atoms with Gasteiger partial charge in [-0.15, -0.1) is 13.2 Å². The standard InChI is InChI=1S/C16H13F5N4O2/c17-10-1-9(2-13(4-10)27-16(19,20)21)14(5-15(22)24-8-26)25-12-3-11(18)6-23-7-12/h1-7,25-26H,8H2,(H2,22,24)/b14-5-. The topological polar surface area (TPSA) is 92.8 Å². The predicted octanol–water partition coefficient (Wildman–Crippen LogP) is 3.02. The predicted molar refractivity (Wildman–Crippen MR) is 87.6 cm³/mol. The van der Waals surface area contributed by atoms with Gasteiger partial charge in [-0.25, -0.2) is 13.8 Å². The van der Waals surface area contributed by atoms with E-state index >= 15 is 0 Å². The lowest BCUT2D eigenvalue weighted by atomic mass is 10.1. The van der Waals surface area contributed by atoms with E-state index in [1.165, 1.54) is 6.20 Å². The first-order valence-electron chi connectivity index (χ1n) is 7.23. The Morgan fingerprint density at radius 2 is 1.93 bits per heavy atom. The van der Waals surface area contributed by atoms with Crippen molar-refractivity contribution in [1.82, 2.24) is 4.98 Å². The molecule has 0 unspecified atom stereocenters. The third kappa shape index (κ3) is 6.55. The Morgan fingerprint density at radius 1 is 1.19 bits per heavy atom. The number of pyridine rings is 1. The second-order valence-electron chi connectivity index (χ2n) is 5.02. The molecule has 0 saturated heterocycles. The van der Waals surface area contributed by atoms with Gasteiger partial charge in [0.15, 0.2) is 0 Å². The van der Waals surface area contributed by atoms with E-state index in [4.69, 9.17) is 10.8 Å². The van der Waals surface area contributed by atoms with Crippen LogP contribution in [-0.2, 0) is 0 Å². The smallest absolute Gasteiger partial charge is 0.406 e. The Labute approximate surface area is 149 Å². The maximum Gasteiger partial charge on any atom is 0.573 e. The van der Waals surface area contributed by atoms with Gasteiger partial charge in [-0.2, -0.15) is 0 Å². The number of aliphatic hydroxyl groups is 1. The van der Waals surface area contributed by atoms with Gasteiger partial charge in [0.05, 0.1) is 18.1 Å². The molecule has 0 saturated carbocycles. The molecule has 0 aliphatic carbocycles. The van der Waals surface area contributed by atoms with Crippen LogP contribution >= 0.6 is 0 Å². The number of alkyl halides is 3. The molecule has 0 aliphatic heterocycles. The molecule has 0 aliphatic rings. The van der Waals surface area contributed by atoms with Crippen LogP contribution in [0.3, 0.4) is 0 Å². The monoisotopic (exact) mass is 388 g/mol. The van der Waals surface area contributed by atoms with Crippen molar-refractivity contribution < 1.29 is 31.8 Å². The van der Waals surface area contributed by atoms with Gasteiger partial charge < -0.3 is 20.9 Å². The number of aliphatic imine (C=N–C) groups is 1. The molecule has 1 aromatic carbocycles. The summed E-state index contributed by atoms with van der Waals surface area (Å²) in [5, 5.41) is 11.4. The molecule has 27 heavy (non-hydrogen) atoms. The molecular formula is C16H13F5N4O2. The minimum atomic E-state index is -5.02. The van der Waals surface area contributed by atoms with Gasteiger partial charge in [0.2, 0.25) is 0 Å². The van der Waals surface area contributed by atoms with E-state index in [-0.39, 0.29) is 22.8 Å². The zero-order valence-electron chi connectivity index (χ0n) is 13.5. The molecule has 1 aromatic heterocycles. The number of nitrogens with two attached hydrogens (primary N) is 1. The number of nitrogens with zero attached hydrogens (tertiary/aromatic N) is 2. The lowest BCUT2D eigenvalue weighted by Crippen LogP contribution is -2.17. The summed E-state index contributed by atoms with van der Waals surface area (Å²) >= 11 is 0. The number of rotatable bonds is 6. The second kappa shape index (κ2) is 8.45. The van der Waals surface area contributed by atoms with E-state index in [2.05, 4.69) is 20.0 Å². The molecule has 0 spiro atoms. The van der Waals surface area contributed by atoms with Gasteiger partial charge >= 0.3 is 6.36 Å². The Morgan fingerprint density at radius 3 is 2.56 bits per heavy atom. The molecule has 0 atom stereocenters. The first-order chi connectivity index (χ1) is 12.7. The van der Waals surface area contributed by atoms with Crippen molar-refractivity contribution in [3.63, 3.8) is 0 Å². The average molecular weight is 388 g/mol. The lowest BCUT2D eigenvalue weighted by Gasteiger charge is -2.14. The van der Waals surface area contributed by atoms with Crippen LogP contribution in [0.4, 0.5) is 27.6 Å². The van der Waals surface area contributed by atoms with Crippen LogP contribution in [0, 0.1) is 11.6 Å². The number of hydrogen-bond donors (Lipinski definition) is 3. The molecule has 0 bridgehead atoms. The normalized spacial score (nSPS) is 12.8. The third-order valence-corrected chi connectivity index (χ3v) is 2.95. The number of halogens is 5. The molecule has 2 rings (SSSR count). The fourth-order valence-electron chi connectivity index (χ4n) is 2.01. The maximum absolute atomic E-state index is 13.8. The number of aliphatic hydroxyl groups excluding tert-OH is 1. The van der Waals surface area contributed by atoms with E-state index < -0.39 is 30.5 Å². The molecule has 1 heterocycles. The van der Waals surface area contributed by atoms with E-state index in [1.54, 1.807) is 0 Å². The van der Waals surface area contributed by atoms with Gasteiger partial charge in [0.1, 0.15) is 30.0 Å². The molecule has 6 nitrogen and oxygen atoms in total. The van der Waals surface area contributed by atoms with Crippen LogP contribution in [0.15, 0.2) is 47.7 Å². The molecule has 0 fully saturated rings. The molecule has 4 N–H and O–H groups in total. The largest absolute Gasteiger partial charge is 0.573 e. The van der Waals surface area contributed by atoms with Crippen molar-refractivity contribution in [1.29, 1.82) is 0 Å². The summed E-state index contributed by atoms with van der Waals surface area (Å²) < 4.78 is 68.1. The van der Waals surface area contributed by atoms with Gasteiger partial charge in [0.25, 0.3) is 0 Å². The first kappa shape index (κ1) is 20.1. The van der Waals surface area contributed by atoms with Crippen LogP contribution in [0.25, 0.3) is 5.70 Å². The summed E-state index contributed by atoms with van der Waals surface area (Å²) in [6.45, 7) is -0.650. The second-order valence-corrected chi connectivity index (χ2v) is 5.02. The zero-order chi connectivity index (χ0) is 20.0. The van der Waals surface area contributed by atoms with Crippen LogP contribution in [0.1, 0.15) is 5.56 Å². The Hall–Kier alpha value is -3.21. The highest BCUT2D eigenvalue weighted by Crippen LogP contribution is 2.28. The van der Waals surface area contributed by atoms with Crippen molar-refractivity contribution in [3.05, 3.63) is 59.9 Å². The SMILES string of the molecule is NC(/C=C(\Nc1cncc(F)c1)c1cc(F)cc(OC(F)(F)F)c1)=NCO. The summed E-state index contributed by atoms with van der Waals surface area (Å²) in [6.07, 6.45) is -1.74. The Bertz CT molecular complexity index is 868. The highest BCUT2D eigenvalue weighted by molar-refractivity contribution is 6.00. The molecule has 144 valence electrons. The molecular weight excluding hydrogens is 375 g/mol. The summed E-state index contributed by atoms with van der Waals surface area (Å²) in [4.78, 5) is 7.11. The fraction of sp³-hybridized carbons (Fsp3) is 0.125. The van der Waals surface area contributed by atoms with Crippen LogP contribution in [-0.4, -0.2) is 29.0 Å². The summed E-state index contributed by atoms with van der Waals surface area (Å²) in [6, 6.07) is 3.39. The number of nitrogens with one attached hydrogen (secondary N) is 1. The van der Waals surface area contributed by atoms with Crippen molar-refractivity contribution >= 4 is 17.2 Å². The van der Waals surface area contributed by atoms with Gasteiger partial charge in [-0.05, 0) is 12.1 Å². The van der Waals surface area contributed by atoms with Gasteiger partial charge in [0, 0.05) is 29.5 Å². The van der Waals surface area contributed by atoms with E-state index in [9.17, 15) is 22.0 Å². The summed E-state index contributed by atoms with van der Waals surface area (Å²) in [5.74, 6) is -2.72. The number of aromatic nitrogens is 1. The van der Waals surface area contributed by atoms with Crippen LogP contribution in [0.5, 0.6) is 5.75 Å². The number of ether oxygens (including phenoxy) is 1. The van der Waals surface area contributed by atoms with E-state index in [0.29, 0.717) is 6.07 Å². The van der Waals surface area contributed by atoms with Crippen LogP contribution < -0.4 is 15.8 Å². The highest BCUT2D eigenvalue weighted by Gasteiger charge is 2.31. The van der Waals surface area contributed by atoms with Gasteiger partial charge in [-0.1, -0.05) is 0 Å². The summed E-state index contributed by atoms with van der Waals surface area (Å²) in [7, 11) is 0. The molecule has 0 radical (unpaired) electrons. The average Bonchev–Trinajstić information content (AvgIpc) is 2.52. The minimum Gasteiger partial charge on any atom is -0.406 e. The summed E-state index contributed by atoms with van der Waals surface area (Å²) in [5.41, 5.74) is 5.53. The Balaban J connectivity index is 2.48. The minimum absolute atomic E-state index is 0.0383. The first-order valence-corrected chi connectivity index (χ1v) is 7.23. The number of hydrogen-bond acceptors (Lipinski definition) is 5. The fourth-order valence-corrected chi connectivity index (χ4v) is 2.01. The zero-order valence-corrected chi connectivity index (χ0v) is 13.5. The Kier molecular flexibility index (Phi) is 6.29. The number of benzene rings is 1. The van der Waals surface area contributed by atoms with Crippen molar-refractivity contribution in [3.8, 4) is 5.75 Å².